The molecule has 0 aliphatic rings. The molecule has 6 aromatic rings. The van der Waals surface area contributed by atoms with Gasteiger partial charge in [-0.25, -0.2) is 0 Å². The number of benzene rings is 6. The van der Waals surface area contributed by atoms with Crippen LogP contribution in [0.5, 0.6) is 5.75 Å². The molecule has 0 radical (unpaired) electrons. The number of rotatable bonds is 15. The molecule has 0 fully saturated rings. The first-order valence-corrected chi connectivity index (χ1v) is 17.9. The highest BCUT2D eigenvalue weighted by molar-refractivity contribution is 5.62. The maximum absolute atomic E-state index is 5.62. The predicted octanol–water partition coefficient (Wildman–Crippen LogP) is 11.4. The molecule has 0 heterocycles. The van der Waals surface area contributed by atoms with Gasteiger partial charge in [-0.1, -0.05) is 96.6 Å². The molecule has 50 heavy (non-hydrogen) atoms. The van der Waals surface area contributed by atoms with Crippen LogP contribution in [0.2, 0.25) is 0 Å². The molecule has 0 saturated heterocycles. The van der Waals surface area contributed by atoms with Crippen LogP contribution in [-0.4, -0.2) is 19.7 Å². The number of nitrogens with one attached hydrogen (secondary N) is 1. The minimum absolute atomic E-state index is 0.0914. The summed E-state index contributed by atoms with van der Waals surface area (Å²) in [7, 11) is 0. The van der Waals surface area contributed by atoms with Gasteiger partial charge in [0.05, 0.1) is 6.61 Å². The second kappa shape index (κ2) is 16.8. The van der Waals surface area contributed by atoms with Crippen molar-refractivity contribution in [2.24, 2.45) is 0 Å². The fraction of sp³-hybridized carbons (Fsp3) is 0.217. The molecule has 1 N–H and O–H groups in total. The van der Waals surface area contributed by atoms with Gasteiger partial charge >= 0.3 is 0 Å². The summed E-state index contributed by atoms with van der Waals surface area (Å²) in [4.78, 5) is 4.87. The van der Waals surface area contributed by atoms with E-state index >= 15 is 0 Å². The topological polar surface area (TPSA) is 27.7 Å². The van der Waals surface area contributed by atoms with Crippen LogP contribution in [0.25, 0.3) is 0 Å². The lowest BCUT2D eigenvalue weighted by atomic mass is 9.85. The molecule has 6 aromatic carbocycles. The average Bonchev–Trinajstić information content (AvgIpc) is 3.16. The Morgan fingerprint density at radius 1 is 0.520 bits per heavy atom. The van der Waals surface area contributed by atoms with Crippen LogP contribution in [0.15, 0.2) is 152 Å². The number of ether oxygens (including phenoxy) is 1. The van der Waals surface area contributed by atoms with E-state index in [0.29, 0.717) is 6.61 Å². The summed E-state index contributed by atoms with van der Waals surface area (Å²) in [6, 6.07) is 54.9. The quantitative estimate of drug-likeness (QED) is 0.111. The number of hydrogen-bond donors (Lipinski definition) is 1. The van der Waals surface area contributed by atoms with Gasteiger partial charge in [-0.15, -0.1) is 0 Å². The molecule has 0 saturated carbocycles. The van der Waals surface area contributed by atoms with Crippen molar-refractivity contribution < 1.29 is 4.74 Å². The van der Waals surface area contributed by atoms with E-state index in [1.54, 1.807) is 0 Å². The average molecular weight is 660 g/mol. The van der Waals surface area contributed by atoms with E-state index in [4.69, 9.17) is 4.74 Å². The van der Waals surface area contributed by atoms with Crippen molar-refractivity contribution in [2.45, 2.75) is 46.7 Å². The fourth-order valence-corrected chi connectivity index (χ4v) is 6.67. The van der Waals surface area contributed by atoms with Gasteiger partial charge < -0.3 is 19.9 Å². The predicted molar refractivity (Wildman–Crippen MR) is 212 cm³/mol. The SMILES string of the molecule is CCOc1ccc(Nc2ccc(C(c3ccc(N(CC)Cc4ccccc4)cc3)c3ccc(N(CC)Cc4cccc(C)c4)cc3)cc2)cc1. The summed E-state index contributed by atoms with van der Waals surface area (Å²) in [5.74, 6) is 0.973. The molecular formula is C46H49N3O. The lowest BCUT2D eigenvalue weighted by Crippen LogP contribution is -2.22. The van der Waals surface area contributed by atoms with E-state index in [0.717, 1.165) is 43.3 Å². The largest absolute Gasteiger partial charge is 0.494 e. The summed E-state index contributed by atoms with van der Waals surface area (Å²) in [5, 5.41) is 3.55. The molecular weight excluding hydrogens is 611 g/mol. The Labute approximate surface area is 299 Å². The first kappa shape index (κ1) is 34.4. The smallest absolute Gasteiger partial charge is 0.119 e. The summed E-state index contributed by atoms with van der Waals surface area (Å²) >= 11 is 0. The molecule has 1 unspecified atom stereocenters. The van der Waals surface area contributed by atoms with Gasteiger partial charge in [0, 0.05) is 54.8 Å². The Morgan fingerprint density at radius 2 is 1.00 bits per heavy atom. The van der Waals surface area contributed by atoms with Gasteiger partial charge in [-0.2, -0.15) is 0 Å². The molecule has 0 spiro atoms. The van der Waals surface area contributed by atoms with Gasteiger partial charge in [-0.3, -0.25) is 0 Å². The maximum Gasteiger partial charge on any atom is 0.119 e. The van der Waals surface area contributed by atoms with Gasteiger partial charge in [0.15, 0.2) is 0 Å². The molecule has 1 atom stereocenters. The molecule has 0 aromatic heterocycles. The molecule has 4 nitrogen and oxygen atoms in total. The fourth-order valence-electron chi connectivity index (χ4n) is 6.67. The Balaban J connectivity index is 1.27. The molecule has 254 valence electrons. The Hall–Kier alpha value is -5.48. The molecule has 4 heteroatoms. The van der Waals surface area contributed by atoms with Gasteiger partial charge in [0.2, 0.25) is 0 Å². The highest BCUT2D eigenvalue weighted by Crippen LogP contribution is 2.35. The van der Waals surface area contributed by atoms with Crippen molar-refractivity contribution in [3.63, 3.8) is 0 Å². The van der Waals surface area contributed by atoms with E-state index < -0.39 is 0 Å². The standard InChI is InChI=1S/C46H49N3O/c1-5-48(33-36-13-9-8-10-14-36)43-26-18-39(19-27-43)46(38-16-22-41(23-17-38)47-42-24-30-45(31-25-42)50-7-3)40-20-28-44(29-21-40)49(6-2)34-37-15-11-12-35(4)32-37/h8-32,46-47H,5-7,33-34H2,1-4H3. The second-order valence-corrected chi connectivity index (χ2v) is 12.8. The van der Waals surface area contributed by atoms with E-state index in [2.05, 4.69) is 175 Å². The van der Waals surface area contributed by atoms with Crippen LogP contribution in [0.1, 0.15) is 60.1 Å². The highest BCUT2D eigenvalue weighted by atomic mass is 16.5. The summed E-state index contributed by atoms with van der Waals surface area (Å²) < 4.78 is 5.62. The molecule has 0 aliphatic heterocycles. The number of anilines is 4. The van der Waals surface area contributed by atoms with E-state index in [-0.39, 0.29) is 5.92 Å². The van der Waals surface area contributed by atoms with Gasteiger partial charge in [-0.05, 0) is 116 Å². The van der Waals surface area contributed by atoms with E-state index in [9.17, 15) is 0 Å². The van der Waals surface area contributed by atoms with Crippen LogP contribution in [0, 0.1) is 6.92 Å². The highest BCUT2D eigenvalue weighted by Gasteiger charge is 2.19. The van der Waals surface area contributed by atoms with E-state index in [1.807, 2.05) is 19.1 Å². The zero-order valence-electron chi connectivity index (χ0n) is 29.8. The number of hydrogen-bond acceptors (Lipinski definition) is 4. The normalized spacial score (nSPS) is 11.5. The van der Waals surface area contributed by atoms with Crippen molar-refractivity contribution in [1.29, 1.82) is 0 Å². The molecule has 0 amide bonds. The zero-order valence-corrected chi connectivity index (χ0v) is 29.8. The third kappa shape index (κ3) is 8.75. The molecule has 0 bridgehead atoms. The second-order valence-electron chi connectivity index (χ2n) is 12.8. The minimum atomic E-state index is 0.0914. The Bertz CT molecular complexity index is 1900. The first-order valence-electron chi connectivity index (χ1n) is 17.9. The first-order chi connectivity index (χ1) is 24.5. The van der Waals surface area contributed by atoms with Crippen molar-refractivity contribution in [3.8, 4) is 5.75 Å². The van der Waals surface area contributed by atoms with Crippen molar-refractivity contribution in [1.82, 2.24) is 0 Å². The minimum Gasteiger partial charge on any atom is -0.494 e. The Kier molecular flexibility index (Phi) is 11.5. The zero-order chi connectivity index (χ0) is 34.7. The lowest BCUT2D eigenvalue weighted by molar-refractivity contribution is 0.340. The van der Waals surface area contributed by atoms with Crippen LogP contribution < -0.4 is 19.9 Å². The van der Waals surface area contributed by atoms with Crippen LogP contribution in [-0.2, 0) is 13.1 Å². The van der Waals surface area contributed by atoms with Crippen LogP contribution >= 0.6 is 0 Å². The molecule has 6 rings (SSSR count). The maximum atomic E-state index is 5.62. The van der Waals surface area contributed by atoms with Gasteiger partial charge in [0.25, 0.3) is 0 Å². The van der Waals surface area contributed by atoms with Crippen molar-refractivity contribution in [3.05, 3.63) is 185 Å². The van der Waals surface area contributed by atoms with Crippen LogP contribution in [0.4, 0.5) is 22.7 Å². The third-order valence-electron chi connectivity index (χ3n) is 9.32. The van der Waals surface area contributed by atoms with Crippen LogP contribution in [0.3, 0.4) is 0 Å². The summed E-state index contributed by atoms with van der Waals surface area (Å²) in [5.41, 5.74) is 12.3. The summed E-state index contributed by atoms with van der Waals surface area (Å²) in [6.07, 6.45) is 0. The van der Waals surface area contributed by atoms with E-state index in [1.165, 1.54) is 44.8 Å². The number of aryl methyl sites for hydroxylation is 1. The van der Waals surface area contributed by atoms with Crippen molar-refractivity contribution >= 4 is 22.7 Å². The Morgan fingerprint density at radius 3 is 1.50 bits per heavy atom. The molecule has 0 aliphatic carbocycles. The summed E-state index contributed by atoms with van der Waals surface area (Å²) in [6.45, 7) is 12.9. The third-order valence-corrected chi connectivity index (χ3v) is 9.32. The van der Waals surface area contributed by atoms with Crippen molar-refractivity contribution in [2.75, 3.05) is 34.8 Å². The van der Waals surface area contributed by atoms with Gasteiger partial charge in [0.1, 0.15) is 5.75 Å². The lowest BCUT2D eigenvalue weighted by Gasteiger charge is -2.26. The monoisotopic (exact) mass is 659 g/mol. The number of nitrogens with zero attached hydrogens (tertiary/aromatic N) is 2.